The first-order valence-electron chi connectivity index (χ1n) is 6.39. The number of hydrogen-bond donors (Lipinski definition) is 1. The summed E-state index contributed by atoms with van der Waals surface area (Å²) in [7, 11) is -0.989. The van der Waals surface area contributed by atoms with Crippen LogP contribution in [-0.4, -0.2) is 14.2 Å². The van der Waals surface area contributed by atoms with E-state index in [0.717, 1.165) is 6.54 Å². The highest BCUT2D eigenvalue weighted by molar-refractivity contribution is 6.77. The predicted octanol–water partition coefficient (Wildman–Crippen LogP) is 3.82. The third kappa shape index (κ3) is 5.47. The molecule has 0 aliphatic rings. The molecule has 1 N–H and O–H groups in total. The van der Waals surface area contributed by atoms with Gasteiger partial charge in [0, 0.05) is 6.54 Å². The van der Waals surface area contributed by atoms with Gasteiger partial charge in [0.25, 0.3) is 0 Å². The maximum absolute atomic E-state index is 3.61. The zero-order valence-corrected chi connectivity index (χ0v) is 11.9. The third-order valence-electron chi connectivity index (χ3n) is 2.98. The molecule has 1 aromatic carbocycles. The Balaban J connectivity index is 2.24. The SMILES string of the molecule is CCCC[Si](C)(C)CNCc1ccccc1. The topological polar surface area (TPSA) is 12.0 Å². The van der Waals surface area contributed by atoms with Gasteiger partial charge in [0.15, 0.2) is 0 Å². The zero-order chi connectivity index (χ0) is 11.9. The van der Waals surface area contributed by atoms with E-state index in [2.05, 4.69) is 55.7 Å². The van der Waals surface area contributed by atoms with Gasteiger partial charge in [-0.15, -0.1) is 0 Å². The lowest BCUT2D eigenvalue weighted by Crippen LogP contribution is -2.39. The summed E-state index contributed by atoms with van der Waals surface area (Å²) in [5, 5.41) is 3.61. The van der Waals surface area contributed by atoms with E-state index < -0.39 is 8.07 Å². The average Bonchev–Trinajstić information content (AvgIpc) is 2.28. The predicted molar refractivity (Wildman–Crippen MR) is 75.3 cm³/mol. The molecular formula is C14H25NSi. The van der Waals surface area contributed by atoms with Crippen LogP contribution in [0.3, 0.4) is 0 Å². The molecule has 0 aromatic heterocycles. The standard InChI is InChI=1S/C14H25NSi/c1-4-5-11-16(2,3)13-15-12-14-9-7-6-8-10-14/h6-10,15H,4-5,11-13H2,1-3H3. The Hall–Kier alpha value is -0.603. The molecule has 0 amide bonds. The largest absolute Gasteiger partial charge is 0.315 e. The van der Waals surface area contributed by atoms with Crippen molar-refractivity contribution in [3.63, 3.8) is 0 Å². The monoisotopic (exact) mass is 235 g/mol. The Morgan fingerprint density at radius 2 is 1.81 bits per heavy atom. The minimum absolute atomic E-state index is 0.989. The molecule has 0 aliphatic carbocycles. The van der Waals surface area contributed by atoms with Crippen molar-refractivity contribution >= 4 is 8.07 Å². The van der Waals surface area contributed by atoms with Crippen molar-refractivity contribution in [2.75, 3.05) is 6.17 Å². The van der Waals surface area contributed by atoms with Crippen molar-refractivity contribution in [1.29, 1.82) is 0 Å². The van der Waals surface area contributed by atoms with Crippen molar-refractivity contribution in [2.45, 2.75) is 45.4 Å². The fourth-order valence-corrected chi connectivity index (χ4v) is 4.17. The van der Waals surface area contributed by atoms with E-state index in [1.54, 1.807) is 0 Å². The third-order valence-corrected chi connectivity index (χ3v) is 5.90. The zero-order valence-electron chi connectivity index (χ0n) is 10.9. The first kappa shape index (κ1) is 13.5. The molecule has 0 spiro atoms. The molecule has 0 bridgehead atoms. The van der Waals surface area contributed by atoms with Crippen LogP contribution in [0.2, 0.25) is 19.1 Å². The van der Waals surface area contributed by atoms with Gasteiger partial charge in [0.1, 0.15) is 0 Å². The van der Waals surface area contributed by atoms with Gasteiger partial charge < -0.3 is 5.32 Å². The molecule has 2 heteroatoms. The molecule has 1 nitrogen and oxygen atoms in total. The fraction of sp³-hybridized carbons (Fsp3) is 0.571. The molecule has 0 heterocycles. The van der Waals surface area contributed by atoms with Crippen LogP contribution < -0.4 is 5.32 Å². The molecule has 0 atom stereocenters. The highest BCUT2D eigenvalue weighted by Gasteiger charge is 2.18. The van der Waals surface area contributed by atoms with Crippen LogP contribution in [0.4, 0.5) is 0 Å². The van der Waals surface area contributed by atoms with Gasteiger partial charge >= 0.3 is 0 Å². The average molecular weight is 235 g/mol. The number of nitrogens with one attached hydrogen (secondary N) is 1. The number of unbranched alkanes of at least 4 members (excludes halogenated alkanes) is 1. The Labute approximate surface area is 101 Å². The summed E-state index contributed by atoms with van der Waals surface area (Å²) in [6.07, 6.45) is 3.96. The molecule has 0 saturated heterocycles. The van der Waals surface area contributed by atoms with Crippen molar-refractivity contribution in [3.05, 3.63) is 35.9 Å². The maximum Gasteiger partial charge on any atom is 0.0626 e. The van der Waals surface area contributed by atoms with Gasteiger partial charge in [-0.05, 0) is 11.7 Å². The van der Waals surface area contributed by atoms with E-state index in [1.807, 2.05) is 0 Å². The summed E-state index contributed by atoms with van der Waals surface area (Å²) in [5.74, 6) is 0. The summed E-state index contributed by atoms with van der Waals surface area (Å²) in [6.45, 7) is 8.27. The second-order valence-electron chi connectivity index (χ2n) is 5.36. The van der Waals surface area contributed by atoms with Crippen LogP contribution in [0.5, 0.6) is 0 Å². The lowest BCUT2D eigenvalue weighted by molar-refractivity contribution is 0.764. The van der Waals surface area contributed by atoms with Crippen LogP contribution in [0.25, 0.3) is 0 Å². The quantitative estimate of drug-likeness (QED) is 0.708. The van der Waals surface area contributed by atoms with E-state index in [4.69, 9.17) is 0 Å². The summed E-state index contributed by atoms with van der Waals surface area (Å²) in [6, 6.07) is 12.1. The minimum Gasteiger partial charge on any atom is -0.315 e. The molecular weight excluding hydrogens is 210 g/mol. The van der Waals surface area contributed by atoms with Gasteiger partial charge in [-0.1, -0.05) is 69.2 Å². The van der Waals surface area contributed by atoms with Crippen molar-refractivity contribution in [2.24, 2.45) is 0 Å². The molecule has 1 aromatic rings. The van der Waals surface area contributed by atoms with Crippen LogP contribution in [0.1, 0.15) is 25.3 Å². The lowest BCUT2D eigenvalue weighted by atomic mass is 10.2. The van der Waals surface area contributed by atoms with Crippen LogP contribution in [-0.2, 0) is 6.54 Å². The second kappa shape index (κ2) is 6.87. The molecule has 0 aliphatic heterocycles. The fourth-order valence-electron chi connectivity index (χ4n) is 1.88. The van der Waals surface area contributed by atoms with Gasteiger partial charge in [0.2, 0.25) is 0 Å². The van der Waals surface area contributed by atoms with Gasteiger partial charge in [0.05, 0.1) is 8.07 Å². The van der Waals surface area contributed by atoms with Gasteiger partial charge in [-0.3, -0.25) is 0 Å². The summed E-state index contributed by atoms with van der Waals surface area (Å²) >= 11 is 0. The highest BCUT2D eigenvalue weighted by atomic mass is 28.3. The van der Waals surface area contributed by atoms with Crippen LogP contribution in [0.15, 0.2) is 30.3 Å². The Morgan fingerprint density at radius 1 is 1.12 bits per heavy atom. The second-order valence-corrected chi connectivity index (χ2v) is 10.5. The minimum atomic E-state index is -0.989. The summed E-state index contributed by atoms with van der Waals surface area (Å²) < 4.78 is 0. The van der Waals surface area contributed by atoms with Gasteiger partial charge in [-0.25, -0.2) is 0 Å². The Bertz CT molecular complexity index is 282. The van der Waals surface area contributed by atoms with E-state index in [9.17, 15) is 0 Å². The van der Waals surface area contributed by atoms with E-state index in [1.165, 1.54) is 30.6 Å². The smallest absolute Gasteiger partial charge is 0.0626 e. The molecule has 0 unspecified atom stereocenters. The summed E-state index contributed by atoms with van der Waals surface area (Å²) in [4.78, 5) is 0. The molecule has 0 saturated carbocycles. The molecule has 90 valence electrons. The molecule has 0 fully saturated rings. The Morgan fingerprint density at radius 3 is 2.44 bits per heavy atom. The van der Waals surface area contributed by atoms with Crippen LogP contribution >= 0.6 is 0 Å². The van der Waals surface area contributed by atoms with E-state index >= 15 is 0 Å². The van der Waals surface area contributed by atoms with E-state index in [0.29, 0.717) is 0 Å². The number of rotatable bonds is 7. The number of benzene rings is 1. The van der Waals surface area contributed by atoms with Gasteiger partial charge in [-0.2, -0.15) is 0 Å². The van der Waals surface area contributed by atoms with Crippen molar-refractivity contribution in [1.82, 2.24) is 5.32 Å². The van der Waals surface area contributed by atoms with Crippen molar-refractivity contribution < 1.29 is 0 Å². The van der Waals surface area contributed by atoms with Crippen molar-refractivity contribution in [3.8, 4) is 0 Å². The molecule has 0 radical (unpaired) electrons. The normalized spacial score (nSPS) is 11.7. The molecule has 1 rings (SSSR count). The summed E-state index contributed by atoms with van der Waals surface area (Å²) in [5.41, 5.74) is 1.39. The molecule has 16 heavy (non-hydrogen) atoms. The first-order chi connectivity index (χ1) is 7.64. The first-order valence-corrected chi connectivity index (χ1v) is 9.80. The van der Waals surface area contributed by atoms with E-state index in [-0.39, 0.29) is 0 Å². The number of hydrogen-bond acceptors (Lipinski definition) is 1. The van der Waals surface area contributed by atoms with Crippen LogP contribution in [0, 0.1) is 0 Å². The lowest BCUT2D eigenvalue weighted by Gasteiger charge is -2.22. The Kier molecular flexibility index (Phi) is 5.78. The maximum atomic E-state index is 3.61. The highest BCUT2D eigenvalue weighted by Crippen LogP contribution is 2.12.